The maximum Gasteiger partial charge on any atom is 0.231 e. The third-order valence-corrected chi connectivity index (χ3v) is 7.79. The molecule has 2 unspecified atom stereocenters. The molecule has 2 aromatic carbocycles. The number of aliphatic hydroxyl groups is 2. The van der Waals surface area contributed by atoms with Crippen molar-refractivity contribution in [3.05, 3.63) is 53.1 Å². The van der Waals surface area contributed by atoms with Crippen LogP contribution in [0.15, 0.2) is 47.4 Å². The molecule has 0 spiro atoms. The van der Waals surface area contributed by atoms with Gasteiger partial charge in [0.2, 0.25) is 6.79 Å². The van der Waals surface area contributed by atoms with Crippen LogP contribution in [-0.4, -0.2) is 43.9 Å². The molecular weight excluding hydrogens is 380 g/mol. The molecular formula is C18H17ClO6S. The van der Waals surface area contributed by atoms with E-state index in [0.29, 0.717) is 22.1 Å². The van der Waals surface area contributed by atoms with Gasteiger partial charge in [0.25, 0.3) is 0 Å². The Morgan fingerprint density at radius 3 is 2.35 bits per heavy atom. The molecule has 0 aromatic heterocycles. The van der Waals surface area contributed by atoms with E-state index >= 15 is 0 Å². The number of sulfone groups is 1. The number of hydrogen-bond acceptors (Lipinski definition) is 6. The Balaban J connectivity index is 1.76. The van der Waals surface area contributed by atoms with Gasteiger partial charge < -0.3 is 19.7 Å². The Bertz CT molecular complexity index is 937. The predicted octanol–water partition coefficient (Wildman–Crippen LogP) is 1.98. The summed E-state index contributed by atoms with van der Waals surface area (Å²) in [5, 5.41) is 19.3. The highest BCUT2D eigenvalue weighted by molar-refractivity contribution is 7.92. The fourth-order valence-electron chi connectivity index (χ4n) is 3.75. The topological polar surface area (TPSA) is 93.1 Å². The predicted molar refractivity (Wildman–Crippen MR) is 94.3 cm³/mol. The smallest absolute Gasteiger partial charge is 0.231 e. The van der Waals surface area contributed by atoms with Crippen LogP contribution < -0.4 is 9.47 Å². The Kier molecular flexibility index (Phi) is 4.15. The van der Waals surface area contributed by atoms with Crippen molar-refractivity contribution in [2.45, 2.75) is 16.1 Å². The average Bonchev–Trinajstić information content (AvgIpc) is 3.12. The van der Waals surface area contributed by atoms with E-state index in [1.165, 1.54) is 24.3 Å². The lowest BCUT2D eigenvalue weighted by Crippen LogP contribution is -2.23. The molecule has 2 aromatic rings. The van der Waals surface area contributed by atoms with Gasteiger partial charge in [-0.3, -0.25) is 0 Å². The molecule has 1 aliphatic carbocycles. The summed E-state index contributed by atoms with van der Waals surface area (Å²) in [6.07, 6.45) is 0. The SMILES string of the molecule is O=S(=O)(c1ccc(Cl)cc1)C1C(c2ccc3c(c2)OCO3)C1(CO)CO. The van der Waals surface area contributed by atoms with Crippen LogP contribution in [0.2, 0.25) is 5.02 Å². The molecule has 1 fully saturated rings. The molecule has 2 aliphatic rings. The van der Waals surface area contributed by atoms with Gasteiger partial charge in [-0.1, -0.05) is 17.7 Å². The molecule has 0 bridgehead atoms. The third-order valence-electron chi connectivity index (χ3n) is 5.20. The van der Waals surface area contributed by atoms with Crippen LogP contribution >= 0.6 is 11.6 Å². The van der Waals surface area contributed by atoms with Gasteiger partial charge in [-0.2, -0.15) is 0 Å². The van der Waals surface area contributed by atoms with Gasteiger partial charge >= 0.3 is 0 Å². The zero-order chi connectivity index (χ0) is 18.5. The largest absolute Gasteiger partial charge is 0.454 e. The molecule has 1 saturated carbocycles. The summed E-state index contributed by atoms with van der Waals surface area (Å²) in [7, 11) is -3.78. The summed E-state index contributed by atoms with van der Waals surface area (Å²) in [5.41, 5.74) is -0.466. The molecule has 1 heterocycles. The Morgan fingerprint density at radius 2 is 1.69 bits per heavy atom. The van der Waals surface area contributed by atoms with Crippen molar-refractivity contribution in [3.63, 3.8) is 0 Å². The minimum atomic E-state index is -3.78. The summed E-state index contributed by atoms with van der Waals surface area (Å²) >= 11 is 5.85. The van der Waals surface area contributed by atoms with E-state index in [9.17, 15) is 18.6 Å². The van der Waals surface area contributed by atoms with Crippen molar-refractivity contribution in [1.82, 2.24) is 0 Å². The zero-order valence-electron chi connectivity index (χ0n) is 13.6. The molecule has 0 radical (unpaired) electrons. The lowest BCUT2D eigenvalue weighted by Gasteiger charge is -2.11. The number of ether oxygens (including phenoxy) is 2. The molecule has 0 amide bonds. The zero-order valence-corrected chi connectivity index (χ0v) is 15.2. The van der Waals surface area contributed by atoms with E-state index in [0.717, 1.165) is 0 Å². The van der Waals surface area contributed by atoms with Crippen molar-refractivity contribution in [2.24, 2.45) is 5.41 Å². The third kappa shape index (κ3) is 2.50. The molecule has 2 atom stereocenters. The number of hydrogen-bond donors (Lipinski definition) is 2. The van der Waals surface area contributed by atoms with Crippen molar-refractivity contribution in [3.8, 4) is 11.5 Å². The van der Waals surface area contributed by atoms with Gasteiger partial charge in [0.1, 0.15) is 0 Å². The van der Waals surface area contributed by atoms with Crippen LogP contribution in [0.3, 0.4) is 0 Å². The summed E-state index contributed by atoms with van der Waals surface area (Å²) in [6.45, 7) is -0.776. The van der Waals surface area contributed by atoms with Crippen molar-refractivity contribution >= 4 is 21.4 Å². The molecule has 8 heteroatoms. The van der Waals surface area contributed by atoms with Crippen LogP contribution in [0.4, 0.5) is 0 Å². The van der Waals surface area contributed by atoms with Gasteiger partial charge in [-0.25, -0.2) is 8.42 Å². The summed E-state index contributed by atoms with van der Waals surface area (Å²) in [5.74, 6) is 0.569. The highest BCUT2D eigenvalue weighted by Crippen LogP contribution is 2.64. The van der Waals surface area contributed by atoms with Gasteiger partial charge in [-0.05, 0) is 42.0 Å². The van der Waals surface area contributed by atoms with E-state index in [4.69, 9.17) is 21.1 Å². The first kappa shape index (κ1) is 17.6. The Morgan fingerprint density at radius 1 is 1.04 bits per heavy atom. The first-order valence-electron chi connectivity index (χ1n) is 8.05. The number of fused-ring (bicyclic) bond motifs is 1. The van der Waals surface area contributed by atoms with Crippen molar-refractivity contribution in [1.29, 1.82) is 0 Å². The van der Waals surface area contributed by atoms with E-state index < -0.39 is 39.6 Å². The van der Waals surface area contributed by atoms with Crippen molar-refractivity contribution < 1.29 is 28.1 Å². The van der Waals surface area contributed by atoms with Gasteiger partial charge in [0.15, 0.2) is 21.3 Å². The second kappa shape index (κ2) is 6.13. The summed E-state index contributed by atoms with van der Waals surface area (Å²) in [4.78, 5) is 0.112. The highest BCUT2D eigenvalue weighted by Gasteiger charge is 2.70. The monoisotopic (exact) mass is 396 g/mol. The second-order valence-corrected chi connectivity index (χ2v) is 9.07. The van der Waals surface area contributed by atoms with Gasteiger partial charge in [0.05, 0.1) is 23.4 Å². The van der Waals surface area contributed by atoms with Crippen LogP contribution in [0.5, 0.6) is 11.5 Å². The maximum atomic E-state index is 13.1. The molecule has 26 heavy (non-hydrogen) atoms. The first-order valence-corrected chi connectivity index (χ1v) is 9.97. The first-order chi connectivity index (χ1) is 12.4. The van der Waals surface area contributed by atoms with E-state index in [1.807, 2.05) is 0 Å². The van der Waals surface area contributed by atoms with Crippen LogP contribution in [0.25, 0.3) is 0 Å². The van der Waals surface area contributed by atoms with E-state index in [1.54, 1.807) is 18.2 Å². The molecule has 6 nitrogen and oxygen atoms in total. The van der Waals surface area contributed by atoms with Crippen LogP contribution in [0, 0.1) is 5.41 Å². The number of rotatable bonds is 5. The molecule has 1 aliphatic heterocycles. The number of halogens is 1. The molecule has 2 N–H and O–H groups in total. The standard InChI is InChI=1S/C18H17ClO6S/c19-12-2-4-13(5-3-12)26(22,23)17-16(18(17,8-20)9-21)11-1-6-14-15(7-11)25-10-24-14/h1-7,16-17,20-21H,8-10H2. The Hall–Kier alpha value is -1.80. The van der Waals surface area contributed by atoms with Gasteiger partial charge in [-0.15, -0.1) is 0 Å². The van der Waals surface area contributed by atoms with E-state index in [2.05, 4.69) is 0 Å². The van der Waals surface area contributed by atoms with Crippen LogP contribution in [-0.2, 0) is 9.84 Å². The molecule has 0 saturated heterocycles. The second-order valence-electron chi connectivity index (χ2n) is 6.56. The fraction of sp³-hybridized carbons (Fsp3) is 0.333. The summed E-state index contributed by atoms with van der Waals surface area (Å²) in [6, 6.07) is 11.1. The lowest BCUT2D eigenvalue weighted by molar-refractivity contribution is 0.130. The van der Waals surface area contributed by atoms with Crippen LogP contribution in [0.1, 0.15) is 11.5 Å². The number of benzene rings is 2. The van der Waals surface area contributed by atoms with Gasteiger partial charge in [0, 0.05) is 16.4 Å². The minimum absolute atomic E-state index is 0.112. The molecule has 138 valence electrons. The van der Waals surface area contributed by atoms with Crippen molar-refractivity contribution in [2.75, 3.05) is 20.0 Å². The normalized spacial score (nSPS) is 23.0. The quantitative estimate of drug-likeness (QED) is 0.802. The maximum absolute atomic E-state index is 13.1. The van der Waals surface area contributed by atoms with E-state index in [-0.39, 0.29) is 11.7 Å². The highest BCUT2D eigenvalue weighted by atomic mass is 35.5. The fourth-order valence-corrected chi connectivity index (χ4v) is 6.31. The number of aliphatic hydroxyl groups excluding tert-OH is 2. The molecule has 4 rings (SSSR count). The Labute approximate surface area is 155 Å². The average molecular weight is 397 g/mol. The lowest BCUT2D eigenvalue weighted by atomic mass is 10.0. The minimum Gasteiger partial charge on any atom is -0.454 e. The summed E-state index contributed by atoms with van der Waals surface area (Å²) < 4.78 is 36.9.